The average molecular weight is 403 g/mol. The van der Waals surface area contributed by atoms with Crippen LogP contribution in [0.5, 0.6) is 5.75 Å². The normalized spacial score (nSPS) is 16.0. The molecule has 0 fully saturated rings. The molecule has 0 amide bonds. The molecule has 2 nitrogen and oxygen atoms in total. The molecule has 0 spiro atoms. The first-order chi connectivity index (χ1) is 12.9. The van der Waals surface area contributed by atoms with Crippen molar-refractivity contribution >= 4 is 34.6 Å². The molecule has 0 saturated heterocycles. The molecule has 0 radical (unpaired) electrons. The summed E-state index contributed by atoms with van der Waals surface area (Å²) in [7, 11) is 0. The summed E-state index contributed by atoms with van der Waals surface area (Å²) in [5.41, 5.74) is 5.34. The number of para-hydroxylation sites is 1. The number of hydrogen-bond acceptors (Lipinski definition) is 2. The van der Waals surface area contributed by atoms with Crippen LogP contribution in [0, 0.1) is 0 Å². The van der Waals surface area contributed by atoms with Gasteiger partial charge in [0.15, 0.2) is 0 Å². The summed E-state index contributed by atoms with van der Waals surface area (Å²) in [6.07, 6.45) is 3.57. The minimum absolute atomic E-state index is 0.153. The van der Waals surface area contributed by atoms with Crippen molar-refractivity contribution in [3.8, 4) is 5.75 Å². The van der Waals surface area contributed by atoms with Crippen molar-refractivity contribution in [2.75, 3.05) is 0 Å². The maximum Gasteiger partial charge on any atom is 0.146 e. The number of hydrogen-bond donors (Lipinski definition) is 0. The number of ether oxygens (including phenoxy) is 1. The highest BCUT2D eigenvalue weighted by molar-refractivity contribution is 6.32. The maximum atomic E-state index is 11.3. The Morgan fingerprint density at radius 3 is 2.70 bits per heavy atom. The Hall–Kier alpha value is -1.77. The first kappa shape index (κ1) is 20.0. The number of halogens is 2. The monoisotopic (exact) mass is 402 g/mol. The molecule has 0 saturated carbocycles. The van der Waals surface area contributed by atoms with Gasteiger partial charge >= 0.3 is 0 Å². The van der Waals surface area contributed by atoms with E-state index in [9.17, 15) is 4.79 Å². The number of carbonyl (C=O) groups excluding carboxylic acids is 1. The third-order valence-electron chi connectivity index (χ3n) is 5.05. The quantitative estimate of drug-likeness (QED) is 0.519. The van der Waals surface area contributed by atoms with Crippen LogP contribution in [0.15, 0.2) is 36.9 Å². The van der Waals surface area contributed by atoms with Crippen LogP contribution in [0.1, 0.15) is 61.5 Å². The third kappa shape index (κ3) is 4.39. The topological polar surface area (TPSA) is 26.3 Å². The number of aryl methyl sites for hydroxylation is 2. The Morgan fingerprint density at radius 2 is 2.00 bits per heavy atom. The van der Waals surface area contributed by atoms with E-state index >= 15 is 0 Å². The fraction of sp³-hybridized carbons (Fsp3) is 0.348. The zero-order chi connectivity index (χ0) is 19.6. The lowest BCUT2D eigenvalue weighted by Crippen LogP contribution is -2.17. The van der Waals surface area contributed by atoms with Gasteiger partial charge in [0, 0.05) is 23.4 Å². The molecule has 142 valence electrons. The molecule has 4 heteroatoms. The summed E-state index contributed by atoms with van der Waals surface area (Å²) in [5, 5.41) is 1.37. The number of rotatable bonds is 6. The van der Waals surface area contributed by atoms with Gasteiger partial charge in [-0.05, 0) is 60.6 Å². The van der Waals surface area contributed by atoms with E-state index in [2.05, 4.69) is 19.6 Å². The van der Waals surface area contributed by atoms with E-state index < -0.39 is 0 Å². The SMILES string of the molecule is C=C1CC(c2cc(CC)c(Cl)cc2CCCC(C)=O)Oc2c(Cl)cccc21. The van der Waals surface area contributed by atoms with Gasteiger partial charge in [0.25, 0.3) is 0 Å². The van der Waals surface area contributed by atoms with Crippen LogP contribution in [-0.4, -0.2) is 5.78 Å². The fourth-order valence-electron chi connectivity index (χ4n) is 3.59. The van der Waals surface area contributed by atoms with Gasteiger partial charge in [-0.15, -0.1) is 0 Å². The predicted molar refractivity (Wildman–Crippen MR) is 113 cm³/mol. The third-order valence-corrected chi connectivity index (χ3v) is 5.70. The maximum absolute atomic E-state index is 11.3. The molecule has 0 bridgehead atoms. The summed E-state index contributed by atoms with van der Waals surface area (Å²) in [6, 6.07) is 9.92. The Morgan fingerprint density at radius 1 is 1.22 bits per heavy atom. The van der Waals surface area contributed by atoms with E-state index in [-0.39, 0.29) is 11.9 Å². The molecule has 1 aliphatic rings. The summed E-state index contributed by atoms with van der Waals surface area (Å²) >= 11 is 12.8. The molecule has 0 aliphatic carbocycles. The molecule has 1 heterocycles. The second-order valence-electron chi connectivity index (χ2n) is 7.08. The highest BCUT2D eigenvalue weighted by atomic mass is 35.5. The van der Waals surface area contributed by atoms with Gasteiger partial charge in [-0.1, -0.05) is 54.9 Å². The second-order valence-corrected chi connectivity index (χ2v) is 7.90. The Labute approximate surface area is 171 Å². The van der Waals surface area contributed by atoms with Crippen molar-refractivity contribution in [2.24, 2.45) is 0 Å². The molecule has 1 unspecified atom stereocenters. The Kier molecular flexibility index (Phi) is 6.29. The van der Waals surface area contributed by atoms with Crippen LogP contribution >= 0.6 is 23.2 Å². The lowest BCUT2D eigenvalue weighted by Gasteiger charge is -2.30. The Bertz CT molecular complexity index is 886. The van der Waals surface area contributed by atoms with Crippen molar-refractivity contribution in [1.29, 1.82) is 0 Å². The second kappa shape index (κ2) is 8.50. The van der Waals surface area contributed by atoms with Crippen molar-refractivity contribution in [3.05, 3.63) is 69.2 Å². The summed E-state index contributed by atoms with van der Waals surface area (Å²) in [6.45, 7) is 7.95. The molecular formula is C23H24Cl2O2. The van der Waals surface area contributed by atoms with E-state index in [0.717, 1.165) is 52.1 Å². The minimum atomic E-state index is -0.153. The summed E-state index contributed by atoms with van der Waals surface area (Å²) in [4.78, 5) is 11.3. The van der Waals surface area contributed by atoms with E-state index in [1.165, 1.54) is 0 Å². The highest BCUT2D eigenvalue weighted by Gasteiger charge is 2.28. The molecular weight excluding hydrogens is 379 g/mol. The lowest BCUT2D eigenvalue weighted by molar-refractivity contribution is -0.117. The number of fused-ring (bicyclic) bond motifs is 1. The van der Waals surface area contributed by atoms with Crippen LogP contribution in [-0.2, 0) is 17.6 Å². The van der Waals surface area contributed by atoms with Crippen LogP contribution < -0.4 is 4.74 Å². The standard InChI is InChI=1S/C23H24Cl2O2/c1-4-16-12-19(17(13-21(16)25)8-5-7-15(3)26)22-11-14(2)18-9-6-10-20(24)23(18)27-22/h6,9-10,12-13,22H,2,4-5,7-8,11H2,1,3H3. The number of Topliss-reactive ketones (excluding diaryl/α,β-unsaturated/α-hetero) is 1. The Balaban J connectivity index is 1.98. The highest BCUT2D eigenvalue weighted by Crippen LogP contribution is 2.45. The van der Waals surface area contributed by atoms with E-state index in [1.54, 1.807) is 6.92 Å². The average Bonchev–Trinajstić information content (AvgIpc) is 2.62. The molecule has 0 aromatic heterocycles. The van der Waals surface area contributed by atoms with Gasteiger partial charge in [-0.25, -0.2) is 0 Å². The number of benzene rings is 2. The van der Waals surface area contributed by atoms with Crippen molar-refractivity contribution in [2.45, 2.75) is 52.1 Å². The van der Waals surface area contributed by atoms with Gasteiger partial charge in [0.05, 0.1) is 5.02 Å². The van der Waals surface area contributed by atoms with Gasteiger partial charge in [-0.2, -0.15) is 0 Å². The molecule has 1 atom stereocenters. The van der Waals surface area contributed by atoms with Crippen molar-refractivity contribution in [1.82, 2.24) is 0 Å². The van der Waals surface area contributed by atoms with Crippen molar-refractivity contribution in [3.63, 3.8) is 0 Å². The summed E-state index contributed by atoms with van der Waals surface area (Å²) < 4.78 is 6.32. The first-order valence-electron chi connectivity index (χ1n) is 9.34. The molecule has 3 rings (SSSR count). The number of carbonyl (C=O) groups is 1. The predicted octanol–water partition coefficient (Wildman–Crippen LogP) is 7.00. The van der Waals surface area contributed by atoms with Gasteiger partial charge in [-0.3, -0.25) is 0 Å². The first-order valence-corrected chi connectivity index (χ1v) is 10.1. The lowest BCUT2D eigenvalue weighted by atomic mass is 9.88. The number of ketones is 1. The zero-order valence-electron chi connectivity index (χ0n) is 15.8. The van der Waals surface area contributed by atoms with Crippen LogP contribution in [0.2, 0.25) is 10.0 Å². The molecule has 2 aromatic carbocycles. The fourth-order valence-corrected chi connectivity index (χ4v) is 4.13. The zero-order valence-corrected chi connectivity index (χ0v) is 17.3. The van der Waals surface area contributed by atoms with Crippen LogP contribution in [0.25, 0.3) is 5.57 Å². The van der Waals surface area contributed by atoms with Crippen LogP contribution in [0.3, 0.4) is 0 Å². The smallest absolute Gasteiger partial charge is 0.146 e. The molecule has 2 aromatic rings. The van der Waals surface area contributed by atoms with Gasteiger partial charge < -0.3 is 9.53 Å². The molecule has 27 heavy (non-hydrogen) atoms. The van der Waals surface area contributed by atoms with E-state index in [1.807, 2.05) is 24.3 Å². The van der Waals surface area contributed by atoms with E-state index in [4.69, 9.17) is 27.9 Å². The van der Waals surface area contributed by atoms with Crippen LogP contribution in [0.4, 0.5) is 0 Å². The van der Waals surface area contributed by atoms with Crippen molar-refractivity contribution < 1.29 is 9.53 Å². The molecule has 1 aliphatic heterocycles. The minimum Gasteiger partial charge on any atom is -0.483 e. The van der Waals surface area contributed by atoms with E-state index in [0.29, 0.717) is 23.6 Å². The molecule has 0 N–H and O–H groups in total. The van der Waals surface area contributed by atoms with Gasteiger partial charge in [0.1, 0.15) is 17.6 Å². The summed E-state index contributed by atoms with van der Waals surface area (Å²) in [5.74, 6) is 0.902. The largest absolute Gasteiger partial charge is 0.483 e. The van der Waals surface area contributed by atoms with Gasteiger partial charge in [0.2, 0.25) is 0 Å².